The predicted octanol–water partition coefficient (Wildman–Crippen LogP) is 9.63. The fourth-order valence-corrected chi connectivity index (χ4v) is 14.2. The Morgan fingerprint density at radius 2 is 0.775 bits per heavy atom. The molecule has 0 saturated heterocycles. The minimum atomic E-state index is -0.355. The van der Waals surface area contributed by atoms with Crippen LogP contribution in [0.4, 0.5) is 0 Å². The van der Waals surface area contributed by atoms with Gasteiger partial charge in [-0.1, -0.05) is 125 Å². The van der Waals surface area contributed by atoms with Crippen molar-refractivity contribution >= 4 is 43.2 Å². The summed E-state index contributed by atoms with van der Waals surface area (Å²) in [7, 11) is 7.49. The first-order valence-corrected chi connectivity index (χ1v) is 20.9. The Morgan fingerprint density at radius 3 is 1.12 bits per heavy atom. The number of hydrogen-bond acceptors (Lipinski definition) is 7. The standard InChI is InChI=1S/C33H62O3S4/c1-10-31(4,5)21-13-15-24(34)26(17-21)37-39-28-19-23(33(8,9)12-3)20-29(30(28)36)40-38-27-18-22(14-16-25(27)35)32(6,7)11-2/h21-30,34-36H,10-20H2,1-9H3. The van der Waals surface area contributed by atoms with Crippen LogP contribution in [0, 0.1) is 34.0 Å². The fourth-order valence-electron chi connectivity index (χ4n) is 7.01. The molecule has 3 N–H and O–H groups in total. The highest BCUT2D eigenvalue weighted by Gasteiger charge is 2.45. The zero-order valence-corrected chi connectivity index (χ0v) is 30.3. The van der Waals surface area contributed by atoms with Gasteiger partial charge in [-0.3, -0.25) is 0 Å². The lowest BCUT2D eigenvalue weighted by atomic mass is 9.69. The Kier molecular flexibility index (Phi) is 13.4. The molecule has 3 nitrogen and oxygen atoms in total. The molecule has 3 fully saturated rings. The van der Waals surface area contributed by atoms with Gasteiger partial charge in [0.25, 0.3) is 0 Å². The van der Waals surface area contributed by atoms with Gasteiger partial charge in [-0.2, -0.15) is 0 Å². The number of hydrogen-bond donors (Lipinski definition) is 3. The summed E-state index contributed by atoms with van der Waals surface area (Å²) < 4.78 is 0. The van der Waals surface area contributed by atoms with E-state index in [4.69, 9.17) is 0 Å². The minimum Gasteiger partial charge on any atom is -0.392 e. The summed E-state index contributed by atoms with van der Waals surface area (Å²) in [5.41, 5.74) is 0.880. The number of rotatable bonds is 12. The van der Waals surface area contributed by atoms with E-state index in [2.05, 4.69) is 62.3 Å². The van der Waals surface area contributed by atoms with Gasteiger partial charge in [-0.25, -0.2) is 0 Å². The van der Waals surface area contributed by atoms with Gasteiger partial charge in [-0.15, -0.1) is 0 Å². The molecule has 3 saturated carbocycles. The molecule has 236 valence electrons. The monoisotopic (exact) mass is 634 g/mol. The molecule has 40 heavy (non-hydrogen) atoms. The molecule has 0 aromatic rings. The van der Waals surface area contributed by atoms with Crippen LogP contribution in [-0.4, -0.2) is 54.6 Å². The first-order chi connectivity index (χ1) is 18.6. The van der Waals surface area contributed by atoms with E-state index in [1.54, 1.807) is 0 Å². The molecule has 8 unspecified atom stereocenters. The predicted molar refractivity (Wildman–Crippen MR) is 183 cm³/mol. The van der Waals surface area contributed by atoms with Gasteiger partial charge in [0.1, 0.15) is 0 Å². The summed E-state index contributed by atoms with van der Waals surface area (Å²) in [4.78, 5) is 0. The average molecular weight is 635 g/mol. The Morgan fingerprint density at radius 1 is 0.475 bits per heavy atom. The van der Waals surface area contributed by atoms with E-state index in [0.717, 1.165) is 57.8 Å². The molecule has 0 radical (unpaired) electrons. The zero-order chi connectivity index (χ0) is 29.9. The fraction of sp³-hybridized carbons (Fsp3) is 1.00. The second-order valence-corrected chi connectivity index (χ2v) is 20.9. The zero-order valence-electron chi connectivity index (χ0n) is 27.0. The second kappa shape index (κ2) is 15.0. The first kappa shape index (κ1) is 35.8. The van der Waals surface area contributed by atoms with E-state index >= 15 is 0 Å². The molecule has 3 rings (SSSR count). The lowest BCUT2D eigenvalue weighted by molar-refractivity contribution is 0.0698. The van der Waals surface area contributed by atoms with Gasteiger partial charge in [0.2, 0.25) is 0 Å². The van der Waals surface area contributed by atoms with Crippen molar-refractivity contribution in [1.82, 2.24) is 0 Å². The maximum absolute atomic E-state index is 11.7. The summed E-state index contributed by atoms with van der Waals surface area (Å²) >= 11 is 0. The molecule has 0 aromatic carbocycles. The van der Waals surface area contributed by atoms with Gasteiger partial charge < -0.3 is 15.3 Å². The summed E-state index contributed by atoms with van der Waals surface area (Å²) in [5, 5.41) is 34.4. The van der Waals surface area contributed by atoms with Crippen LogP contribution >= 0.6 is 43.2 Å². The molecule has 3 aliphatic rings. The normalized spacial score (nSPS) is 38.4. The van der Waals surface area contributed by atoms with E-state index < -0.39 is 0 Å². The lowest BCUT2D eigenvalue weighted by Crippen LogP contribution is -2.45. The van der Waals surface area contributed by atoms with Gasteiger partial charge in [0.05, 0.1) is 18.3 Å². The molecule has 7 heteroatoms. The molecule has 8 atom stereocenters. The van der Waals surface area contributed by atoms with Crippen LogP contribution in [0.25, 0.3) is 0 Å². The minimum absolute atomic E-state index is 0.183. The first-order valence-electron chi connectivity index (χ1n) is 16.3. The van der Waals surface area contributed by atoms with Gasteiger partial charge >= 0.3 is 0 Å². The van der Waals surface area contributed by atoms with Crippen molar-refractivity contribution in [2.45, 2.75) is 172 Å². The average Bonchev–Trinajstić information content (AvgIpc) is 2.92. The SMILES string of the molecule is CCC(C)(C)C1CCC(O)C(SSC2CC(C(C)(C)CC)CC(SSC3CC(C(C)(C)CC)CCC3O)C2O)C1. The van der Waals surface area contributed by atoms with Crippen molar-refractivity contribution < 1.29 is 15.3 Å². The van der Waals surface area contributed by atoms with Crippen molar-refractivity contribution in [3.63, 3.8) is 0 Å². The van der Waals surface area contributed by atoms with E-state index in [9.17, 15) is 15.3 Å². The lowest BCUT2D eigenvalue weighted by Gasteiger charge is -2.46. The third-order valence-electron chi connectivity index (χ3n) is 12.0. The van der Waals surface area contributed by atoms with Crippen molar-refractivity contribution in [2.24, 2.45) is 34.0 Å². The maximum atomic E-state index is 11.7. The smallest absolute Gasteiger partial charge is 0.0794 e. The summed E-state index contributed by atoms with van der Waals surface area (Å²) in [6.45, 7) is 21.3. The van der Waals surface area contributed by atoms with Crippen LogP contribution in [0.2, 0.25) is 0 Å². The molecular formula is C33H62O3S4. The molecule has 0 bridgehead atoms. The second-order valence-electron chi connectivity index (χ2n) is 15.4. The van der Waals surface area contributed by atoms with Crippen LogP contribution < -0.4 is 0 Å². The van der Waals surface area contributed by atoms with Crippen LogP contribution in [0.5, 0.6) is 0 Å². The van der Waals surface area contributed by atoms with Crippen molar-refractivity contribution in [3.8, 4) is 0 Å². The van der Waals surface area contributed by atoms with Crippen molar-refractivity contribution in [3.05, 3.63) is 0 Å². The summed E-state index contributed by atoms with van der Waals surface area (Å²) in [6.07, 6.45) is 11.0. The van der Waals surface area contributed by atoms with Crippen molar-refractivity contribution in [1.29, 1.82) is 0 Å². The molecule has 0 amide bonds. The Hall–Kier alpha value is 1.28. The van der Waals surface area contributed by atoms with Crippen molar-refractivity contribution in [2.75, 3.05) is 0 Å². The molecule has 3 aliphatic carbocycles. The number of aliphatic hydroxyl groups is 3. The van der Waals surface area contributed by atoms with Crippen LogP contribution in [0.3, 0.4) is 0 Å². The Labute approximate surface area is 263 Å². The van der Waals surface area contributed by atoms with Gasteiger partial charge in [-0.05, 0) is 85.4 Å². The van der Waals surface area contributed by atoms with E-state index in [0.29, 0.717) is 28.6 Å². The highest BCUT2D eigenvalue weighted by atomic mass is 33.1. The molecule has 0 aromatic heterocycles. The summed E-state index contributed by atoms with van der Waals surface area (Å²) in [6, 6.07) is 0. The van der Waals surface area contributed by atoms with Crippen LogP contribution in [-0.2, 0) is 0 Å². The van der Waals surface area contributed by atoms with Gasteiger partial charge in [0.15, 0.2) is 0 Å². The van der Waals surface area contributed by atoms with Crippen LogP contribution in [0.15, 0.2) is 0 Å². The Balaban J connectivity index is 1.67. The molecule has 0 heterocycles. The van der Waals surface area contributed by atoms with E-state index in [1.807, 2.05) is 43.2 Å². The Bertz CT molecular complexity index is 721. The maximum Gasteiger partial charge on any atom is 0.0794 e. The third-order valence-corrected chi connectivity index (χ3v) is 18.8. The number of aliphatic hydroxyl groups excluding tert-OH is 3. The summed E-state index contributed by atoms with van der Waals surface area (Å²) in [5.74, 6) is 1.89. The van der Waals surface area contributed by atoms with E-state index in [1.165, 1.54) is 12.8 Å². The topological polar surface area (TPSA) is 60.7 Å². The van der Waals surface area contributed by atoms with Crippen LogP contribution in [0.1, 0.15) is 133 Å². The largest absolute Gasteiger partial charge is 0.392 e. The van der Waals surface area contributed by atoms with E-state index in [-0.39, 0.29) is 44.7 Å². The third kappa shape index (κ3) is 8.93. The molecule has 0 aliphatic heterocycles. The molecular weight excluding hydrogens is 573 g/mol. The highest BCUT2D eigenvalue weighted by molar-refractivity contribution is 8.77. The highest BCUT2D eigenvalue weighted by Crippen LogP contribution is 2.54. The quantitative estimate of drug-likeness (QED) is 0.185. The molecule has 0 spiro atoms. The van der Waals surface area contributed by atoms with Gasteiger partial charge in [0, 0.05) is 21.0 Å².